The molecule has 1 unspecified atom stereocenters. The minimum Gasteiger partial charge on any atom is -0.476 e. The topological polar surface area (TPSA) is 55.1 Å². The molecule has 0 radical (unpaired) electrons. The lowest BCUT2D eigenvalue weighted by Crippen LogP contribution is -2.31. The van der Waals surface area contributed by atoms with Gasteiger partial charge < -0.3 is 9.67 Å². The number of aromatic nitrogens is 2. The number of nitrogens with zero attached hydrogens (tertiary/aromatic N) is 2. The highest BCUT2D eigenvalue weighted by molar-refractivity contribution is 5.85. The van der Waals surface area contributed by atoms with Gasteiger partial charge in [0, 0.05) is 19.2 Å². The molecule has 9 heteroatoms. The molecule has 4 nitrogen and oxygen atoms in total. The van der Waals surface area contributed by atoms with Gasteiger partial charge in [-0.2, -0.15) is 13.2 Å². The molecule has 0 saturated heterocycles. The lowest BCUT2D eigenvalue weighted by atomic mass is 9.99. The van der Waals surface area contributed by atoms with Crippen LogP contribution in [0.15, 0.2) is 6.20 Å². The minimum absolute atomic E-state index is 0. The predicted molar refractivity (Wildman–Crippen MR) is 61.5 cm³/mol. The van der Waals surface area contributed by atoms with Gasteiger partial charge in [-0.3, -0.25) is 0 Å². The zero-order chi connectivity index (χ0) is 11.9. The fraction of sp³-hybridized carbons (Fsp3) is 0.556. The number of alkyl halides is 3. The summed E-state index contributed by atoms with van der Waals surface area (Å²) < 4.78 is 38.6. The van der Waals surface area contributed by atoms with Crippen LogP contribution in [0.25, 0.3) is 0 Å². The SMILES string of the molecule is Cl.Cl.O=C(O)c1cn2c(n1)CCC(C(F)(F)F)C2. The van der Waals surface area contributed by atoms with Crippen molar-refractivity contribution in [2.45, 2.75) is 25.6 Å². The van der Waals surface area contributed by atoms with Crippen LogP contribution in [0.4, 0.5) is 13.2 Å². The first-order valence-corrected chi connectivity index (χ1v) is 4.74. The second-order valence-corrected chi connectivity index (χ2v) is 3.78. The zero-order valence-electron chi connectivity index (χ0n) is 8.98. The van der Waals surface area contributed by atoms with Crippen molar-refractivity contribution in [1.29, 1.82) is 0 Å². The molecule has 1 aliphatic heterocycles. The summed E-state index contributed by atoms with van der Waals surface area (Å²) in [6.07, 6.45) is -2.93. The van der Waals surface area contributed by atoms with Crippen molar-refractivity contribution in [2.75, 3.05) is 0 Å². The van der Waals surface area contributed by atoms with E-state index in [4.69, 9.17) is 5.11 Å². The quantitative estimate of drug-likeness (QED) is 0.867. The average Bonchev–Trinajstić information content (AvgIpc) is 2.58. The van der Waals surface area contributed by atoms with Crippen LogP contribution in [0, 0.1) is 5.92 Å². The molecule has 1 atom stereocenters. The fourth-order valence-corrected chi connectivity index (χ4v) is 1.81. The van der Waals surface area contributed by atoms with Crippen LogP contribution < -0.4 is 0 Å². The molecule has 0 aromatic carbocycles. The van der Waals surface area contributed by atoms with Gasteiger partial charge in [-0.1, -0.05) is 0 Å². The summed E-state index contributed by atoms with van der Waals surface area (Å²) in [6, 6.07) is 0. The van der Waals surface area contributed by atoms with Crippen LogP contribution in [0.1, 0.15) is 22.7 Å². The summed E-state index contributed by atoms with van der Waals surface area (Å²) in [6.45, 7) is -0.237. The van der Waals surface area contributed by atoms with Crippen LogP contribution in [0.3, 0.4) is 0 Å². The number of carboxylic acid groups (broad SMARTS) is 1. The van der Waals surface area contributed by atoms with Crippen LogP contribution in [0.5, 0.6) is 0 Å². The Morgan fingerprint density at radius 1 is 1.44 bits per heavy atom. The number of imidazole rings is 1. The first-order chi connectivity index (χ1) is 7.38. The molecule has 0 saturated carbocycles. The Morgan fingerprint density at radius 2 is 2.06 bits per heavy atom. The minimum atomic E-state index is -4.23. The third kappa shape index (κ3) is 3.29. The molecule has 1 aliphatic rings. The molecular weight excluding hydrogens is 296 g/mol. The highest BCUT2D eigenvalue weighted by Crippen LogP contribution is 2.34. The molecule has 1 aromatic rings. The molecule has 0 bridgehead atoms. The molecule has 2 rings (SSSR count). The number of hydrogen-bond donors (Lipinski definition) is 1. The monoisotopic (exact) mass is 306 g/mol. The summed E-state index contributed by atoms with van der Waals surface area (Å²) >= 11 is 0. The van der Waals surface area contributed by atoms with Crippen LogP contribution in [-0.4, -0.2) is 26.8 Å². The van der Waals surface area contributed by atoms with E-state index in [9.17, 15) is 18.0 Å². The Morgan fingerprint density at radius 3 is 2.56 bits per heavy atom. The predicted octanol–water partition coefficient (Wildman–Crippen LogP) is 2.55. The average molecular weight is 307 g/mol. The highest BCUT2D eigenvalue weighted by Gasteiger charge is 2.41. The van der Waals surface area contributed by atoms with Gasteiger partial charge in [-0.25, -0.2) is 9.78 Å². The number of fused-ring (bicyclic) bond motifs is 1. The van der Waals surface area contributed by atoms with Crippen molar-refractivity contribution in [1.82, 2.24) is 9.55 Å². The molecule has 0 fully saturated rings. The van der Waals surface area contributed by atoms with Gasteiger partial charge in [-0.05, 0) is 6.42 Å². The van der Waals surface area contributed by atoms with Gasteiger partial charge in [-0.15, -0.1) is 24.8 Å². The van der Waals surface area contributed by atoms with E-state index in [1.54, 1.807) is 0 Å². The third-order valence-corrected chi connectivity index (χ3v) is 2.67. The van der Waals surface area contributed by atoms with Gasteiger partial charge in [0.1, 0.15) is 5.82 Å². The number of hydrogen-bond acceptors (Lipinski definition) is 2. The lowest BCUT2D eigenvalue weighted by Gasteiger charge is -2.25. The number of carbonyl (C=O) groups is 1. The second-order valence-electron chi connectivity index (χ2n) is 3.78. The van der Waals surface area contributed by atoms with Crippen LogP contribution in [0.2, 0.25) is 0 Å². The van der Waals surface area contributed by atoms with Crippen molar-refractivity contribution in [3.63, 3.8) is 0 Å². The number of aromatic carboxylic acids is 1. The normalized spacial score (nSPS) is 18.3. The van der Waals surface area contributed by atoms with E-state index < -0.39 is 18.1 Å². The molecule has 1 N–H and O–H groups in total. The highest BCUT2D eigenvalue weighted by atomic mass is 35.5. The van der Waals surface area contributed by atoms with Crippen molar-refractivity contribution in [3.05, 3.63) is 17.7 Å². The molecule has 1 aromatic heterocycles. The van der Waals surface area contributed by atoms with Gasteiger partial charge >= 0.3 is 12.1 Å². The first kappa shape index (κ1) is 17.1. The van der Waals surface area contributed by atoms with Crippen LogP contribution in [-0.2, 0) is 13.0 Å². The molecule has 0 amide bonds. The second kappa shape index (κ2) is 5.79. The van der Waals surface area contributed by atoms with Crippen molar-refractivity contribution in [3.8, 4) is 0 Å². The van der Waals surface area contributed by atoms with Crippen LogP contribution >= 0.6 is 24.8 Å². The summed E-state index contributed by atoms with van der Waals surface area (Å²) in [4.78, 5) is 14.4. The van der Waals surface area contributed by atoms with Gasteiger partial charge in [0.25, 0.3) is 0 Å². The first-order valence-electron chi connectivity index (χ1n) is 4.74. The number of rotatable bonds is 1. The maximum Gasteiger partial charge on any atom is 0.393 e. The number of carboxylic acids is 1. The third-order valence-electron chi connectivity index (χ3n) is 2.67. The smallest absolute Gasteiger partial charge is 0.393 e. The summed E-state index contributed by atoms with van der Waals surface area (Å²) in [7, 11) is 0. The maximum absolute atomic E-state index is 12.5. The summed E-state index contributed by atoms with van der Waals surface area (Å²) in [5, 5.41) is 8.66. The number of aryl methyl sites for hydroxylation is 1. The largest absolute Gasteiger partial charge is 0.476 e. The molecule has 2 heterocycles. The van der Waals surface area contributed by atoms with E-state index in [2.05, 4.69) is 4.98 Å². The van der Waals surface area contributed by atoms with E-state index in [-0.39, 0.29) is 49.9 Å². The van der Waals surface area contributed by atoms with Gasteiger partial charge in [0.15, 0.2) is 5.69 Å². The maximum atomic E-state index is 12.5. The van der Waals surface area contributed by atoms with E-state index in [1.165, 1.54) is 4.57 Å². The van der Waals surface area contributed by atoms with E-state index >= 15 is 0 Å². The van der Waals surface area contributed by atoms with Crippen molar-refractivity contribution >= 4 is 30.8 Å². The zero-order valence-corrected chi connectivity index (χ0v) is 10.6. The summed E-state index contributed by atoms with van der Waals surface area (Å²) in [5.41, 5.74) is -0.196. The Balaban J connectivity index is 0.00000144. The molecule has 0 spiro atoms. The van der Waals surface area contributed by atoms with E-state index in [0.29, 0.717) is 5.82 Å². The Labute approximate surface area is 113 Å². The molecule has 0 aliphatic carbocycles. The van der Waals surface area contributed by atoms with Crippen molar-refractivity contribution < 1.29 is 23.1 Å². The van der Waals surface area contributed by atoms with E-state index in [0.717, 1.165) is 6.20 Å². The fourth-order valence-electron chi connectivity index (χ4n) is 1.81. The van der Waals surface area contributed by atoms with E-state index in [1.807, 2.05) is 0 Å². The summed E-state index contributed by atoms with van der Waals surface area (Å²) in [5.74, 6) is -2.21. The standard InChI is InChI=1S/C9H9F3N2O2.2ClH/c10-9(11,12)5-1-2-7-13-6(8(15)16)4-14(7)3-5;;/h4-5H,1-3H2,(H,15,16);2*1H. The Kier molecular flexibility index (Phi) is 5.49. The van der Waals surface area contributed by atoms with Crippen molar-refractivity contribution in [2.24, 2.45) is 5.92 Å². The molecular formula is C9H11Cl2F3N2O2. The number of halogens is 5. The Hall–Kier alpha value is -0.950. The lowest BCUT2D eigenvalue weighted by molar-refractivity contribution is -0.182. The molecule has 104 valence electrons. The van der Waals surface area contributed by atoms with Gasteiger partial charge in [0.05, 0.1) is 5.92 Å². The molecule has 18 heavy (non-hydrogen) atoms. The van der Waals surface area contributed by atoms with Gasteiger partial charge in [0.2, 0.25) is 0 Å². The Bertz CT molecular complexity index is 434.